The maximum atomic E-state index is 10.6. The molecule has 1 aromatic carbocycles. The Labute approximate surface area is 102 Å². The predicted molar refractivity (Wildman–Crippen MR) is 65.8 cm³/mol. The Morgan fingerprint density at radius 3 is 2.24 bits per heavy atom. The van der Waals surface area contributed by atoms with Crippen LogP contribution in [0.1, 0.15) is 32.3 Å². The molecule has 1 aliphatic rings. The summed E-state index contributed by atoms with van der Waals surface area (Å²) in [5, 5.41) is 0. The largest absolute Gasteiger partial charge is 0.497 e. The molecule has 0 aromatic heterocycles. The Kier molecular flexibility index (Phi) is 2.80. The normalized spacial score (nSPS) is 19.9. The van der Waals surface area contributed by atoms with Crippen LogP contribution >= 0.6 is 0 Å². The zero-order chi connectivity index (χ0) is 12.5. The zero-order valence-corrected chi connectivity index (χ0v) is 10.5. The summed E-state index contributed by atoms with van der Waals surface area (Å²) >= 11 is 0. The maximum Gasteiger partial charge on any atom is 0.235 e. The second-order valence-electron chi connectivity index (χ2n) is 5.48. The van der Waals surface area contributed by atoms with Crippen LogP contribution in [0.4, 0.5) is 0 Å². The molecule has 1 aromatic rings. The Balaban J connectivity index is 2.31. The lowest BCUT2D eigenvalue weighted by Gasteiger charge is -2.50. The average molecular weight is 231 g/mol. The number of ether oxygens (including phenoxy) is 1. The van der Waals surface area contributed by atoms with E-state index in [9.17, 15) is 4.79 Å². The van der Waals surface area contributed by atoms with Crippen LogP contribution in [-0.2, 0) is 10.3 Å². The van der Waals surface area contributed by atoms with Crippen LogP contribution in [0.25, 0.3) is 0 Å². The minimum Gasteiger partial charge on any atom is -0.497 e. The fourth-order valence-electron chi connectivity index (χ4n) is 2.87. The third-order valence-electron chi connectivity index (χ3n) is 3.43. The van der Waals surface area contributed by atoms with Gasteiger partial charge in [-0.1, -0.05) is 26.0 Å². The van der Waals surface area contributed by atoms with Gasteiger partial charge in [0, 0.05) is 0 Å². The van der Waals surface area contributed by atoms with Gasteiger partial charge in [0.15, 0.2) is 0 Å². The first-order valence-electron chi connectivity index (χ1n) is 5.75. The minimum absolute atomic E-state index is 0.250. The van der Waals surface area contributed by atoms with Gasteiger partial charge < -0.3 is 4.74 Å². The van der Waals surface area contributed by atoms with Crippen LogP contribution in [0.15, 0.2) is 29.3 Å². The molecule has 0 amide bonds. The lowest BCUT2D eigenvalue weighted by atomic mass is 9.57. The van der Waals surface area contributed by atoms with Crippen molar-refractivity contribution in [1.29, 1.82) is 0 Å². The van der Waals surface area contributed by atoms with Gasteiger partial charge in [-0.15, -0.1) is 0 Å². The summed E-state index contributed by atoms with van der Waals surface area (Å²) < 4.78 is 5.13. The van der Waals surface area contributed by atoms with E-state index in [2.05, 4.69) is 18.8 Å². The van der Waals surface area contributed by atoms with Crippen molar-refractivity contribution in [2.45, 2.75) is 32.2 Å². The molecule has 0 spiro atoms. The Bertz CT molecular complexity index is 448. The fourth-order valence-corrected chi connectivity index (χ4v) is 2.87. The first-order valence-corrected chi connectivity index (χ1v) is 5.75. The molecule has 0 heterocycles. The summed E-state index contributed by atoms with van der Waals surface area (Å²) in [6, 6.07) is 7.77. The number of isocyanates is 1. The molecule has 1 aliphatic carbocycles. The van der Waals surface area contributed by atoms with E-state index in [0.717, 1.165) is 24.2 Å². The highest BCUT2D eigenvalue weighted by molar-refractivity contribution is 5.41. The lowest BCUT2D eigenvalue weighted by molar-refractivity contribution is 0.0639. The molecular formula is C14H17NO2. The summed E-state index contributed by atoms with van der Waals surface area (Å²) in [5.41, 5.74) is 0.957. The molecule has 3 heteroatoms. The van der Waals surface area contributed by atoms with Crippen molar-refractivity contribution < 1.29 is 9.53 Å². The molecular weight excluding hydrogens is 214 g/mol. The fraction of sp³-hybridized carbons (Fsp3) is 0.500. The summed E-state index contributed by atoms with van der Waals surface area (Å²) in [4.78, 5) is 14.6. The number of aliphatic imine (C=N–C) groups is 1. The van der Waals surface area contributed by atoms with E-state index < -0.39 is 0 Å². The molecule has 0 bridgehead atoms. The lowest BCUT2D eigenvalue weighted by Crippen LogP contribution is -2.45. The van der Waals surface area contributed by atoms with Crippen molar-refractivity contribution in [2.24, 2.45) is 10.4 Å². The second kappa shape index (κ2) is 4.01. The van der Waals surface area contributed by atoms with Crippen LogP contribution in [0.3, 0.4) is 0 Å². The number of benzene rings is 1. The molecule has 3 nitrogen and oxygen atoms in total. The first-order chi connectivity index (χ1) is 8.01. The number of hydrogen-bond donors (Lipinski definition) is 0. The van der Waals surface area contributed by atoms with Gasteiger partial charge in [-0.2, -0.15) is 4.99 Å². The van der Waals surface area contributed by atoms with Gasteiger partial charge in [-0.05, 0) is 36.0 Å². The number of rotatable bonds is 3. The molecule has 2 rings (SSSR count). The third kappa shape index (κ3) is 2.11. The number of nitrogens with zero attached hydrogens (tertiary/aromatic N) is 1. The zero-order valence-electron chi connectivity index (χ0n) is 10.5. The topological polar surface area (TPSA) is 38.7 Å². The van der Waals surface area contributed by atoms with Gasteiger partial charge in [0.1, 0.15) is 5.75 Å². The SMILES string of the molecule is COc1ccc(C2(N=C=O)CC(C)(C)C2)cc1. The molecule has 90 valence electrons. The molecule has 1 saturated carbocycles. The van der Waals surface area contributed by atoms with Crippen molar-refractivity contribution in [1.82, 2.24) is 0 Å². The van der Waals surface area contributed by atoms with Crippen LogP contribution in [0.5, 0.6) is 5.75 Å². The van der Waals surface area contributed by atoms with E-state index >= 15 is 0 Å². The van der Waals surface area contributed by atoms with E-state index in [1.54, 1.807) is 13.2 Å². The van der Waals surface area contributed by atoms with Crippen molar-refractivity contribution >= 4 is 6.08 Å². The van der Waals surface area contributed by atoms with Crippen LogP contribution in [-0.4, -0.2) is 13.2 Å². The molecule has 0 aliphatic heterocycles. The van der Waals surface area contributed by atoms with Gasteiger partial charge in [0.05, 0.1) is 12.6 Å². The Hall–Kier alpha value is -1.60. The number of methoxy groups -OCH3 is 1. The predicted octanol–water partition coefficient (Wildman–Crippen LogP) is 3.05. The molecule has 1 fully saturated rings. The highest BCUT2D eigenvalue weighted by Gasteiger charge is 2.50. The van der Waals surface area contributed by atoms with Gasteiger partial charge in [0.2, 0.25) is 6.08 Å². The van der Waals surface area contributed by atoms with Crippen molar-refractivity contribution in [3.05, 3.63) is 29.8 Å². The van der Waals surface area contributed by atoms with E-state index in [4.69, 9.17) is 4.74 Å². The molecule has 17 heavy (non-hydrogen) atoms. The molecule has 0 saturated heterocycles. The van der Waals surface area contributed by atoms with E-state index in [0.29, 0.717) is 0 Å². The quantitative estimate of drug-likeness (QED) is 0.592. The molecule has 0 atom stereocenters. The first kappa shape index (κ1) is 11.9. The Morgan fingerprint density at radius 1 is 1.24 bits per heavy atom. The van der Waals surface area contributed by atoms with Gasteiger partial charge >= 0.3 is 0 Å². The molecule has 0 unspecified atom stereocenters. The summed E-state index contributed by atoms with van der Waals surface area (Å²) in [7, 11) is 1.64. The average Bonchev–Trinajstić information content (AvgIpc) is 2.27. The van der Waals surface area contributed by atoms with Crippen LogP contribution in [0.2, 0.25) is 0 Å². The second-order valence-corrected chi connectivity index (χ2v) is 5.48. The van der Waals surface area contributed by atoms with Crippen LogP contribution in [0, 0.1) is 5.41 Å². The van der Waals surface area contributed by atoms with E-state index in [-0.39, 0.29) is 11.0 Å². The third-order valence-corrected chi connectivity index (χ3v) is 3.43. The van der Waals surface area contributed by atoms with Crippen molar-refractivity contribution in [3.8, 4) is 5.75 Å². The Morgan fingerprint density at radius 2 is 1.82 bits per heavy atom. The summed E-state index contributed by atoms with van der Waals surface area (Å²) in [6.45, 7) is 4.38. The van der Waals surface area contributed by atoms with Crippen molar-refractivity contribution in [2.75, 3.05) is 7.11 Å². The van der Waals surface area contributed by atoms with E-state index in [1.807, 2.05) is 24.3 Å². The van der Waals surface area contributed by atoms with Gasteiger partial charge in [-0.3, -0.25) is 0 Å². The van der Waals surface area contributed by atoms with Crippen LogP contribution < -0.4 is 4.74 Å². The summed E-state index contributed by atoms with van der Waals surface area (Å²) in [6.07, 6.45) is 3.50. The molecule has 0 N–H and O–H groups in total. The van der Waals surface area contributed by atoms with Gasteiger partial charge in [0.25, 0.3) is 0 Å². The molecule has 0 radical (unpaired) electrons. The minimum atomic E-state index is -0.364. The maximum absolute atomic E-state index is 10.6. The van der Waals surface area contributed by atoms with E-state index in [1.165, 1.54) is 0 Å². The highest BCUT2D eigenvalue weighted by Crippen LogP contribution is 2.56. The monoisotopic (exact) mass is 231 g/mol. The highest BCUT2D eigenvalue weighted by atomic mass is 16.5. The smallest absolute Gasteiger partial charge is 0.235 e. The number of hydrogen-bond acceptors (Lipinski definition) is 3. The standard InChI is InChI=1S/C14H17NO2/c1-13(2)8-14(9-13,15-10-16)11-4-6-12(17-3)7-5-11/h4-7H,8-9H2,1-3H3. The number of carbonyl (C=O) groups excluding carboxylic acids is 1. The summed E-state index contributed by atoms with van der Waals surface area (Å²) in [5.74, 6) is 0.817. The van der Waals surface area contributed by atoms with Gasteiger partial charge in [-0.25, -0.2) is 4.79 Å². The van der Waals surface area contributed by atoms with Crippen molar-refractivity contribution in [3.63, 3.8) is 0 Å².